The predicted molar refractivity (Wildman–Crippen MR) is 136 cm³/mol. The molecule has 0 spiro atoms. The first-order valence-corrected chi connectivity index (χ1v) is 12.3. The number of fused-ring (bicyclic) bond motifs is 1. The molecule has 5 rings (SSSR count). The van der Waals surface area contributed by atoms with Crippen LogP contribution < -0.4 is 4.74 Å². The molecule has 1 aromatic carbocycles. The number of rotatable bonds is 7. The fraction of sp³-hybridized carbons (Fsp3) is 0.296. The van der Waals surface area contributed by atoms with Gasteiger partial charge < -0.3 is 9.30 Å². The van der Waals surface area contributed by atoms with Crippen molar-refractivity contribution in [3.63, 3.8) is 0 Å². The highest BCUT2D eigenvalue weighted by molar-refractivity contribution is 7.20. The van der Waals surface area contributed by atoms with E-state index in [1.165, 1.54) is 33.6 Å². The second-order valence-corrected chi connectivity index (χ2v) is 9.90. The van der Waals surface area contributed by atoms with E-state index in [1.54, 1.807) is 0 Å². The molecule has 0 unspecified atom stereocenters. The van der Waals surface area contributed by atoms with E-state index in [0.29, 0.717) is 12.5 Å². The van der Waals surface area contributed by atoms with Gasteiger partial charge in [0.15, 0.2) is 6.29 Å². The maximum Gasteiger partial charge on any atom is 0.214 e. The summed E-state index contributed by atoms with van der Waals surface area (Å²) in [5, 5.41) is 0. The van der Waals surface area contributed by atoms with Crippen LogP contribution in [0.5, 0.6) is 5.88 Å². The number of nitrogens with zero attached hydrogens (tertiary/aromatic N) is 4. The number of ether oxygens (including phenoxy) is 1. The number of imidazole rings is 1. The average Bonchev–Trinajstić information content (AvgIpc) is 3.38. The zero-order valence-electron chi connectivity index (χ0n) is 19.7. The maximum atomic E-state index is 11.0. The van der Waals surface area contributed by atoms with E-state index in [-0.39, 0.29) is 0 Å². The van der Waals surface area contributed by atoms with Gasteiger partial charge in [0.05, 0.1) is 17.1 Å². The highest BCUT2D eigenvalue weighted by Crippen LogP contribution is 2.27. The van der Waals surface area contributed by atoms with Crippen LogP contribution in [0.1, 0.15) is 44.3 Å². The zero-order valence-corrected chi connectivity index (χ0v) is 20.6. The van der Waals surface area contributed by atoms with E-state index in [1.807, 2.05) is 25.2 Å². The molecule has 1 aliphatic rings. The molecule has 0 fully saturated rings. The Morgan fingerprint density at radius 1 is 1.15 bits per heavy atom. The number of aldehydes is 1. The zero-order chi connectivity index (χ0) is 23.7. The van der Waals surface area contributed by atoms with Gasteiger partial charge in [-0.3, -0.25) is 9.69 Å². The summed E-state index contributed by atoms with van der Waals surface area (Å²) < 4.78 is 8.12. The van der Waals surface area contributed by atoms with Gasteiger partial charge in [0, 0.05) is 26.2 Å². The smallest absolute Gasteiger partial charge is 0.214 e. The number of hydrogen-bond acceptors (Lipinski definition) is 6. The molecule has 0 aliphatic carbocycles. The molecule has 7 heteroatoms. The SMILES string of the molecule is Cc1ccc(COc2cccc(C3=CCN(Cc4nc5cc(C=O)sc5n4C)CC3)n2)c(C)c1. The number of carbonyl (C=O) groups is 1. The molecule has 34 heavy (non-hydrogen) atoms. The Balaban J connectivity index is 1.23. The van der Waals surface area contributed by atoms with E-state index in [2.05, 4.69) is 53.7 Å². The lowest BCUT2D eigenvalue weighted by Gasteiger charge is -2.25. The third-order valence-electron chi connectivity index (χ3n) is 6.35. The predicted octanol–water partition coefficient (Wildman–Crippen LogP) is 5.33. The molecule has 6 nitrogen and oxygen atoms in total. The van der Waals surface area contributed by atoms with Crippen LogP contribution in [0, 0.1) is 13.8 Å². The maximum absolute atomic E-state index is 11.0. The Labute approximate surface area is 203 Å². The first-order valence-electron chi connectivity index (χ1n) is 11.5. The van der Waals surface area contributed by atoms with Gasteiger partial charge in [-0.25, -0.2) is 9.97 Å². The largest absolute Gasteiger partial charge is 0.473 e. The molecule has 0 saturated carbocycles. The summed E-state index contributed by atoms with van der Waals surface area (Å²) in [6.45, 7) is 7.32. The van der Waals surface area contributed by atoms with E-state index in [4.69, 9.17) is 14.7 Å². The van der Waals surface area contributed by atoms with Crippen molar-refractivity contribution < 1.29 is 9.53 Å². The quantitative estimate of drug-likeness (QED) is 0.340. The van der Waals surface area contributed by atoms with Gasteiger partial charge in [0.2, 0.25) is 5.88 Å². The minimum absolute atomic E-state index is 0.519. The van der Waals surface area contributed by atoms with Gasteiger partial charge >= 0.3 is 0 Å². The topological polar surface area (TPSA) is 60.2 Å². The molecule has 4 heterocycles. The van der Waals surface area contributed by atoms with Crippen LogP contribution >= 0.6 is 11.3 Å². The molecule has 0 radical (unpaired) electrons. The van der Waals surface area contributed by atoms with Crippen LogP contribution in [0.15, 0.2) is 48.5 Å². The molecule has 0 bridgehead atoms. The second kappa shape index (κ2) is 9.52. The lowest BCUT2D eigenvalue weighted by Crippen LogP contribution is -2.29. The van der Waals surface area contributed by atoms with Crippen LogP contribution in [-0.2, 0) is 20.2 Å². The second-order valence-electron chi connectivity index (χ2n) is 8.84. The van der Waals surface area contributed by atoms with Crippen molar-refractivity contribution in [1.29, 1.82) is 0 Å². The van der Waals surface area contributed by atoms with Crippen molar-refractivity contribution in [2.45, 2.75) is 33.4 Å². The molecular weight excluding hydrogens is 444 g/mol. The number of hydrogen-bond donors (Lipinski definition) is 0. The third kappa shape index (κ3) is 4.67. The van der Waals surface area contributed by atoms with E-state index >= 15 is 0 Å². The number of thiophene rings is 1. The van der Waals surface area contributed by atoms with Gasteiger partial charge in [-0.05, 0) is 49.1 Å². The van der Waals surface area contributed by atoms with Crippen LogP contribution in [0.3, 0.4) is 0 Å². The Morgan fingerprint density at radius 2 is 2.03 bits per heavy atom. The summed E-state index contributed by atoms with van der Waals surface area (Å²) >= 11 is 1.49. The standard InChI is InChI=1S/C27H28N4O2S/c1-18-7-8-21(19(2)13-18)17-33-26-6-4-5-23(29-26)20-9-11-31(12-10-20)15-25-28-24-14-22(16-32)34-27(24)30(25)3/h4-9,13-14,16H,10-12,15,17H2,1-3H3. The van der Waals surface area contributed by atoms with Crippen molar-refractivity contribution in [2.24, 2.45) is 7.05 Å². The van der Waals surface area contributed by atoms with E-state index in [0.717, 1.165) is 59.1 Å². The van der Waals surface area contributed by atoms with Crippen LogP contribution in [0.4, 0.5) is 0 Å². The van der Waals surface area contributed by atoms with Crippen molar-refractivity contribution in [1.82, 2.24) is 19.4 Å². The lowest BCUT2D eigenvalue weighted by atomic mass is 10.0. The van der Waals surface area contributed by atoms with Gasteiger partial charge in [0.25, 0.3) is 0 Å². The number of aromatic nitrogens is 3. The monoisotopic (exact) mass is 472 g/mol. The summed E-state index contributed by atoms with van der Waals surface area (Å²) in [7, 11) is 2.02. The summed E-state index contributed by atoms with van der Waals surface area (Å²) in [4.78, 5) is 24.7. The van der Waals surface area contributed by atoms with Gasteiger partial charge in [-0.2, -0.15) is 0 Å². The van der Waals surface area contributed by atoms with Crippen molar-refractivity contribution in [2.75, 3.05) is 13.1 Å². The van der Waals surface area contributed by atoms with Crippen LogP contribution in [0.25, 0.3) is 15.9 Å². The van der Waals surface area contributed by atoms with Gasteiger partial charge in [0.1, 0.15) is 22.8 Å². The highest BCUT2D eigenvalue weighted by Gasteiger charge is 2.18. The van der Waals surface area contributed by atoms with Crippen molar-refractivity contribution in [3.8, 4) is 5.88 Å². The third-order valence-corrected chi connectivity index (χ3v) is 7.48. The van der Waals surface area contributed by atoms with Crippen molar-refractivity contribution >= 4 is 33.5 Å². The lowest BCUT2D eigenvalue weighted by molar-refractivity contribution is 0.112. The highest BCUT2D eigenvalue weighted by atomic mass is 32.1. The molecule has 0 saturated heterocycles. The molecule has 0 atom stereocenters. The number of pyridine rings is 1. The molecule has 0 N–H and O–H groups in total. The average molecular weight is 473 g/mol. The normalized spacial score (nSPS) is 14.4. The van der Waals surface area contributed by atoms with Gasteiger partial charge in [-0.1, -0.05) is 35.9 Å². The van der Waals surface area contributed by atoms with Crippen LogP contribution in [0.2, 0.25) is 0 Å². The minimum Gasteiger partial charge on any atom is -0.473 e. The number of aryl methyl sites for hydroxylation is 3. The van der Waals surface area contributed by atoms with Crippen molar-refractivity contribution in [3.05, 3.63) is 81.6 Å². The number of carbonyl (C=O) groups excluding carboxylic acids is 1. The molecule has 3 aromatic heterocycles. The van der Waals surface area contributed by atoms with E-state index < -0.39 is 0 Å². The Hall–Kier alpha value is -3.29. The minimum atomic E-state index is 0.519. The summed E-state index contributed by atoms with van der Waals surface area (Å²) in [6.07, 6.45) is 4.08. The Kier molecular flexibility index (Phi) is 6.30. The van der Waals surface area contributed by atoms with Crippen LogP contribution in [-0.4, -0.2) is 38.8 Å². The van der Waals surface area contributed by atoms with Gasteiger partial charge in [-0.15, -0.1) is 11.3 Å². The summed E-state index contributed by atoms with van der Waals surface area (Å²) in [6, 6.07) is 14.3. The first kappa shape index (κ1) is 22.5. The fourth-order valence-corrected chi connectivity index (χ4v) is 5.26. The molecule has 1 aliphatic heterocycles. The molecule has 4 aromatic rings. The Bertz CT molecular complexity index is 1380. The summed E-state index contributed by atoms with van der Waals surface area (Å²) in [5.41, 5.74) is 6.82. The van der Waals surface area contributed by atoms with E-state index in [9.17, 15) is 4.79 Å². The molecule has 174 valence electrons. The Morgan fingerprint density at radius 3 is 2.76 bits per heavy atom. The molecule has 0 amide bonds. The number of benzene rings is 1. The fourth-order valence-electron chi connectivity index (χ4n) is 4.36. The molecular formula is C27H28N4O2S. The first-order chi connectivity index (χ1) is 16.5. The summed E-state index contributed by atoms with van der Waals surface area (Å²) in [5.74, 6) is 1.68.